The van der Waals surface area contributed by atoms with Crippen LogP contribution >= 0.6 is 0 Å². The predicted molar refractivity (Wildman–Crippen MR) is 86.7 cm³/mol. The molecule has 1 N–H and O–H groups in total. The first-order valence-electron chi connectivity index (χ1n) is 7.29. The van der Waals surface area contributed by atoms with Gasteiger partial charge in [-0.2, -0.15) is 0 Å². The molecule has 1 saturated heterocycles. The molecule has 118 valence electrons. The molecule has 0 amide bonds. The Morgan fingerprint density at radius 2 is 1.57 bits per heavy atom. The zero-order valence-electron chi connectivity index (χ0n) is 13.2. The van der Waals surface area contributed by atoms with Crippen molar-refractivity contribution in [3.8, 4) is 0 Å². The lowest BCUT2D eigenvalue weighted by Crippen LogP contribution is -2.42. The Hall–Kier alpha value is -2.82. The molecule has 0 radical (unpaired) electrons. The molecule has 0 aromatic heterocycles. The smallest absolute Gasteiger partial charge is 0.350 e. The lowest BCUT2D eigenvalue weighted by molar-refractivity contribution is -0.222. The van der Waals surface area contributed by atoms with Gasteiger partial charge in [0.05, 0.1) is 0 Å². The summed E-state index contributed by atoms with van der Waals surface area (Å²) in [4.78, 5) is 23.9. The Balaban J connectivity index is 1.93. The van der Waals surface area contributed by atoms with Crippen molar-refractivity contribution in [2.24, 2.45) is 0 Å². The lowest BCUT2D eigenvalue weighted by Gasteiger charge is -2.29. The van der Waals surface area contributed by atoms with E-state index in [0.29, 0.717) is 0 Å². The number of benzene rings is 2. The number of hydrogen-bond acceptors (Lipinski definition) is 5. The van der Waals surface area contributed by atoms with Gasteiger partial charge in [0.15, 0.2) is 5.57 Å². The van der Waals surface area contributed by atoms with Crippen LogP contribution in [0.2, 0.25) is 0 Å². The van der Waals surface area contributed by atoms with Gasteiger partial charge in [0.1, 0.15) is 0 Å². The predicted octanol–water partition coefficient (Wildman–Crippen LogP) is 3.28. The Morgan fingerprint density at radius 3 is 2.22 bits per heavy atom. The highest BCUT2D eigenvalue weighted by atomic mass is 16.7. The van der Waals surface area contributed by atoms with Gasteiger partial charge in [0, 0.05) is 31.1 Å². The Bertz CT molecular complexity index is 814. The zero-order chi connectivity index (χ0) is 16.6. The van der Waals surface area contributed by atoms with Crippen molar-refractivity contribution in [3.05, 3.63) is 53.7 Å². The summed E-state index contributed by atoms with van der Waals surface area (Å²) in [6.07, 6.45) is 1.33. The Kier molecular flexibility index (Phi) is 3.56. The number of carbonyl (C=O) groups is 2. The van der Waals surface area contributed by atoms with E-state index < -0.39 is 17.7 Å². The summed E-state index contributed by atoms with van der Waals surface area (Å²) in [5, 5.41) is 5.11. The van der Waals surface area contributed by atoms with E-state index in [0.717, 1.165) is 22.0 Å². The van der Waals surface area contributed by atoms with E-state index in [2.05, 4.69) is 5.32 Å². The van der Waals surface area contributed by atoms with Crippen molar-refractivity contribution in [3.63, 3.8) is 0 Å². The number of hydrogen-bond donors (Lipinski definition) is 1. The third-order valence-electron chi connectivity index (χ3n) is 3.63. The topological polar surface area (TPSA) is 64.6 Å². The van der Waals surface area contributed by atoms with Gasteiger partial charge in [-0.15, -0.1) is 0 Å². The van der Waals surface area contributed by atoms with Crippen LogP contribution in [0.25, 0.3) is 10.8 Å². The number of anilines is 1. The highest BCUT2D eigenvalue weighted by molar-refractivity contribution is 6.15. The minimum absolute atomic E-state index is 0.158. The van der Waals surface area contributed by atoms with E-state index in [9.17, 15) is 9.59 Å². The highest BCUT2D eigenvalue weighted by Crippen LogP contribution is 2.27. The third kappa shape index (κ3) is 2.90. The molecule has 2 aromatic carbocycles. The first kappa shape index (κ1) is 15.1. The third-order valence-corrected chi connectivity index (χ3v) is 3.63. The maximum atomic E-state index is 11.9. The van der Waals surface area contributed by atoms with Gasteiger partial charge in [0.25, 0.3) is 5.79 Å². The quantitative estimate of drug-likeness (QED) is 0.524. The molecule has 1 heterocycles. The van der Waals surface area contributed by atoms with E-state index in [4.69, 9.17) is 9.47 Å². The fourth-order valence-corrected chi connectivity index (χ4v) is 2.50. The van der Waals surface area contributed by atoms with Crippen LogP contribution in [0.5, 0.6) is 0 Å². The lowest BCUT2D eigenvalue weighted by atomic mass is 10.0. The largest absolute Gasteiger partial charge is 0.419 e. The second-order valence-corrected chi connectivity index (χ2v) is 5.86. The molecule has 5 heteroatoms. The number of nitrogens with one attached hydrogen (secondary N) is 1. The van der Waals surface area contributed by atoms with Crippen molar-refractivity contribution < 1.29 is 19.1 Å². The van der Waals surface area contributed by atoms with Crippen molar-refractivity contribution in [1.82, 2.24) is 0 Å². The summed E-state index contributed by atoms with van der Waals surface area (Å²) in [6.45, 7) is 5.06. The standard InChI is InChI=1S/C18H17NO4/c1-11-8-9-15(13-7-5-4-6-12(11)13)19-10-14-16(20)22-18(2,3)23-17(14)21/h4-10,19H,1-3H3. The normalized spacial score (nSPS) is 16.7. The van der Waals surface area contributed by atoms with E-state index in [1.165, 1.54) is 20.0 Å². The number of carbonyl (C=O) groups excluding carboxylic acids is 2. The molecular weight excluding hydrogens is 294 g/mol. The molecule has 5 nitrogen and oxygen atoms in total. The Morgan fingerprint density at radius 1 is 0.957 bits per heavy atom. The van der Waals surface area contributed by atoms with Crippen LogP contribution < -0.4 is 5.32 Å². The van der Waals surface area contributed by atoms with Gasteiger partial charge in [-0.25, -0.2) is 9.59 Å². The SMILES string of the molecule is Cc1ccc(NC=C2C(=O)OC(C)(C)OC2=O)c2ccccc12. The highest BCUT2D eigenvalue weighted by Gasteiger charge is 2.38. The van der Waals surface area contributed by atoms with Gasteiger partial charge in [0.2, 0.25) is 0 Å². The minimum atomic E-state index is -1.23. The first-order chi connectivity index (χ1) is 10.9. The summed E-state index contributed by atoms with van der Waals surface area (Å²) in [5.41, 5.74) is 1.79. The second-order valence-electron chi connectivity index (χ2n) is 5.86. The average molecular weight is 311 g/mol. The summed E-state index contributed by atoms with van der Waals surface area (Å²) < 4.78 is 10.1. The number of fused-ring (bicyclic) bond motifs is 1. The summed E-state index contributed by atoms with van der Waals surface area (Å²) >= 11 is 0. The average Bonchev–Trinajstić information content (AvgIpc) is 2.47. The molecule has 1 aliphatic rings. The van der Waals surface area contributed by atoms with Crippen molar-refractivity contribution >= 4 is 28.4 Å². The molecule has 0 spiro atoms. The van der Waals surface area contributed by atoms with E-state index in [1.54, 1.807) is 0 Å². The minimum Gasteiger partial charge on any atom is -0.419 e. The van der Waals surface area contributed by atoms with Crippen LogP contribution in [0.4, 0.5) is 5.69 Å². The van der Waals surface area contributed by atoms with Crippen LogP contribution in [-0.2, 0) is 19.1 Å². The molecule has 23 heavy (non-hydrogen) atoms. The van der Waals surface area contributed by atoms with E-state index in [1.807, 2.05) is 43.3 Å². The number of aryl methyl sites for hydroxylation is 1. The first-order valence-corrected chi connectivity index (χ1v) is 7.29. The maximum absolute atomic E-state index is 11.9. The van der Waals surface area contributed by atoms with Crippen molar-refractivity contribution in [2.75, 3.05) is 5.32 Å². The Labute approximate surface area is 133 Å². The number of ether oxygens (including phenoxy) is 2. The molecule has 0 bridgehead atoms. The summed E-state index contributed by atoms with van der Waals surface area (Å²) in [7, 11) is 0. The molecule has 0 aliphatic carbocycles. The van der Waals surface area contributed by atoms with Crippen LogP contribution in [-0.4, -0.2) is 17.7 Å². The fourth-order valence-electron chi connectivity index (χ4n) is 2.50. The summed E-state index contributed by atoms with van der Waals surface area (Å²) in [6, 6.07) is 11.8. The van der Waals surface area contributed by atoms with Gasteiger partial charge in [-0.1, -0.05) is 30.3 Å². The van der Waals surface area contributed by atoms with Gasteiger partial charge < -0.3 is 14.8 Å². The number of esters is 2. The van der Waals surface area contributed by atoms with Crippen molar-refractivity contribution in [2.45, 2.75) is 26.6 Å². The van der Waals surface area contributed by atoms with Crippen LogP contribution in [0, 0.1) is 6.92 Å². The van der Waals surface area contributed by atoms with Gasteiger partial charge in [-0.05, 0) is 23.9 Å². The monoisotopic (exact) mass is 311 g/mol. The number of cyclic esters (lactones) is 2. The maximum Gasteiger partial charge on any atom is 0.350 e. The van der Waals surface area contributed by atoms with Crippen LogP contribution in [0.15, 0.2) is 48.2 Å². The number of rotatable bonds is 2. The molecule has 3 rings (SSSR count). The van der Waals surface area contributed by atoms with Crippen LogP contribution in [0.1, 0.15) is 19.4 Å². The molecular formula is C18H17NO4. The zero-order valence-corrected chi connectivity index (χ0v) is 13.2. The molecule has 0 atom stereocenters. The van der Waals surface area contributed by atoms with E-state index in [-0.39, 0.29) is 5.57 Å². The second kappa shape index (κ2) is 5.43. The van der Waals surface area contributed by atoms with Crippen LogP contribution in [0.3, 0.4) is 0 Å². The van der Waals surface area contributed by atoms with Gasteiger partial charge >= 0.3 is 11.9 Å². The van der Waals surface area contributed by atoms with E-state index >= 15 is 0 Å². The van der Waals surface area contributed by atoms with Crippen molar-refractivity contribution in [1.29, 1.82) is 0 Å². The molecule has 1 aliphatic heterocycles. The fraction of sp³-hybridized carbons (Fsp3) is 0.222. The molecule has 0 unspecified atom stereocenters. The molecule has 1 fully saturated rings. The molecule has 2 aromatic rings. The molecule has 0 saturated carbocycles. The summed E-state index contributed by atoms with van der Waals surface area (Å²) in [5.74, 6) is -2.63. The van der Waals surface area contributed by atoms with Gasteiger partial charge in [-0.3, -0.25) is 0 Å².